The molecule has 4 heteroatoms. The SMILES string of the molecule is C=CCCCCC1=C(O)N2CCC3=c4ccccc4=NC3=C2S1. The minimum absolute atomic E-state index is 0.446. The number of fused-ring (bicyclic) bond motifs is 3. The van der Waals surface area contributed by atoms with Crippen LogP contribution in [0.5, 0.6) is 0 Å². The Morgan fingerprint density at radius 3 is 3.04 bits per heavy atom. The van der Waals surface area contributed by atoms with E-state index in [4.69, 9.17) is 4.99 Å². The van der Waals surface area contributed by atoms with E-state index in [2.05, 4.69) is 24.8 Å². The molecule has 4 rings (SSSR count). The molecule has 0 aromatic heterocycles. The van der Waals surface area contributed by atoms with Gasteiger partial charge in [0.25, 0.3) is 0 Å². The zero-order chi connectivity index (χ0) is 15.8. The summed E-state index contributed by atoms with van der Waals surface area (Å²) in [5, 5.41) is 14.0. The largest absolute Gasteiger partial charge is 0.494 e. The third-order valence-electron chi connectivity index (χ3n) is 4.57. The lowest BCUT2D eigenvalue weighted by Crippen LogP contribution is -2.27. The lowest BCUT2D eigenvalue weighted by Gasteiger charge is -2.26. The van der Waals surface area contributed by atoms with Gasteiger partial charge in [-0.2, -0.15) is 0 Å². The van der Waals surface area contributed by atoms with Gasteiger partial charge in [0.05, 0.1) is 16.0 Å². The summed E-state index contributed by atoms with van der Waals surface area (Å²) in [5.41, 5.74) is 2.40. The molecule has 0 fully saturated rings. The van der Waals surface area contributed by atoms with Gasteiger partial charge >= 0.3 is 0 Å². The summed E-state index contributed by atoms with van der Waals surface area (Å²) in [5.74, 6) is 0.446. The first-order chi connectivity index (χ1) is 11.3. The monoisotopic (exact) mass is 324 g/mol. The summed E-state index contributed by atoms with van der Waals surface area (Å²) in [7, 11) is 0. The predicted molar refractivity (Wildman–Crippen MR) is 94.9 cm³/mol. The number of nitrogens with zero attached hydrogens (tertiary/aromatic N) is 2. The maximum Gasteiger partial charge on any atom is 0.202 e. The number of hydrogen-bond acceptors (Lipinski definition) is 4. The van der Waals surface area contributed by atoms with E-state index in [1.54, 1.807) is 11.8 Å². The van der Waals surface area contributed by atoms with Crippen LogP contribution in [0, 0.1) is 0 Å². The van der Waals surface area contributed by atoms with Crippen molar-refractivity contribution in [1.82, 2.24) is 4.90 Å². The lowest BCUT2D eigenvalue weighted by molar-refractivity contribution is 0.250. The van der Waals surface area contributed by atoms with Crippen molar-refractivity contribution in [2.75, 3.05) is 6.54 Å². The lowest BCUT2D eigenvalue weighted by atomic mass is 10.0. The standard InChI is InChI=1S/C19H20N2OS/c1-2-3-4-5-10-16-18(22)21-12-11-14-13-8-6-7-9-15(13)20-17(14)19(21)23-16/h2,6-9,22H,1,3-5,10-12H2. The molecular weight excluding hydrogens is 304 g/mol. The summed E-state index contributed by atoms with van der Waals surface area (Å²) in [6.07, 6.45) is 7.08. The van der Waals surface area contributed by atoms with Crippen molar-refractivity contribution in [3.8, 4) is 0 Å². The van der Waals surface area contributed by atoms with Gasteiger partial charge in [0, 0.05) is 11.8 Å². The highest BCUT2D eigenvalue weighted by Crippen LogP contribution is 2.48. The minimum Gasteiger partial charge on any atom is -0.494 e. The zero-order valence-electron chi connectivity index (χ0n) is 13.1. The van der Waals surface area contributed by atoms with E-state index in [9.17, 15) is 5.11 Å². The molecule has 1 N–H and O–H groups in total. The van der Waals surface area contributed by atoms with Crippen molar-refractivity contribution in [3.05, 3.63) is 69.0 Å². The third-order valence-corrected chi connectivity index (χ3v) is 5.81. The number of allylic oxidation sites excluding steroid dienone is 3. The van der Waals surface area contributed by atoms with Crippen molar-refractivity contribution in [2.45, 2.75) is 32.1 Å². The Labute approximate surface area is 140 Å². The molecule has 3 aliphatic rings. The molecule has 3 aliphatic heterocycles. The summed E-state index contributed by atoms with van der Waals surface area (Å²) < 4.78 is 0. The van der Waals surface area contributed by atoms with Crippen LogP contribution in [0.1, 0.15) is 32.1 Å². The number of hydrogen-bond donors (Lipinski definition) is 1. The van der Waals surface area contributed by atoms with Gasteiger partial charge in [-0.05, 0) is 43.7 Å². The van der Waals surface area contributed by atoms with Crippen molar-refractivity contribution in [2.24, 2.45) is 4.99 Å². The summed E-state index contributed by atoms with van der Waals surface area (Å²) in [4.78, 5) is 7.95. The van der Waals surface area contributed by atoms with Crippen LogP contribution in [0.4, 0.5) is 0 Å². The highest BCUT2D eigenvalue weighted by molar-refractivity contribution is 8.07. The number of unbranched alkanes of at least 4 members (excludes halogenated alkanes) is 2. The molecule has 3 heterocycles. The van der Waals surface area contributed by atoms with Gasteiger partial charge in [-0.25, -0.2) is 4.99 Å². The van der Waals surface area contributed by atoms with Crippen molar-refractivity contribution in [1.29, 1.82) is 0 Å². The van der Waals surface area contributed by atoms with E-state index in [0.29, 0.717) is 5.88 Å². The fraction of sp³-hybridized carbons (Fsp3) is 0.316. The van der Waals surface area contributed by atoms with Gasteiger partial charge < -0.3 is 10.0 Å². The molecule has 23 heavy (non-hydrogen) atoms. The molecule has 1 aromatic carbocycles. The molecule has 0 saturated heterocycles. The molecule has 0 aliphatic carbocycles. The maximum absolute atomic E-state index is 10.6. The molecule has 1 aromatic rings. The summed E-state index contributed by atoms with van der Waals surface area (Å²) in [6.45, 7) is 4.60. The van der Waals surface area contributed by atoms with E-state index in [0.717, 1.165) is 59.6 Å². The minimum atomic E-state index is 0.446. The third kappa shape index (κ3) is 2.41. The highest BCUT2D eigenvalue weighted by Gasteiger charge is 2.35. The molecule has 0 saturated carbocycles. The highest BCUT2D eigenvalue weighted by atomic mass is 32.2. The second-order valence-corrected chi connectivity index (χ2v) is 7.13. The first kappa shape index (κ1) is 14.6. The van der Waals surface area contributed by atoms with Crippen LogP contribution in [0.25, 0.3) is 5.57 Å². The average molecular weight is 324 g/mol. The molecule has 0 unspecified atom stereocenters. The normalized spacial score (nSPS) is 18.8. The number of rotatable bonds is 5. The van der Waals surface area contributed by atoms with Crippen LogP contribution in [0.2, 0.25) is 0 Å². The van der Waals surface area contributed by atoms with Crippen LogP contribution >= 0.6 is 11.8 Å². The van der Waals surface area contributed by atoms with Crippen molar-refractivity contribution in [3.63, 3.8) is 0 Å². The van der Waals surface area contributed by atoms with Crippen LogP contribution in [-0.2, 0) is 0 Å². The molecule has 0 spiro atoms. The Kier molecular flexibility index (Phi) is 3.77. The fourth-order valence-electron chi connectivity index (χ4n) is 3.38. The molecule has 0 atom stereocenters. The molecule has 0 bridgehead atoms. The van der Waals surface area contributed by atoms with Crippen LogP contribution in [-0.4, -0.2) is 16.6 Å². The smallest absolute Gasteiger partial charge is 0.202 e. The van der Waals surface area contributed by atoms with E-state index in [1.165, 1.54) is 10.8 Å². The van der Waals surface area contributed by atoms with Crippen LogP contribution < -0.4 is 10.6 Å². The Morgan fingerprint density at radius 1 is 1.30 bits per heavy atom. The van der Waals surface area contributed by atoms with Crippen molar-refractivity contribution >= 4 is 17.3 Å². The van der Waals surface area contributed by atoms with Gasteiger partial charge in [0.15, 0.2) is 0 Å². The zero-order valence-corrected chi connectivity index (χ0v) is 13.9. The second-order valence-electron chi connectivity index (χ2n) is 6.05. The topological polar surface area (TPSA) is 35.8 Å². The molecule has 118 valence electrons. The van der Waals surface area contributed by atoms with Gasteiger partial charge in [0.2, 0.25) is 5.88 Å². The second kappa shape index (κ2) is 5.93. The van der Waals surface area contributed by atoms with Gasteiger partial charge in [-0.15, -0.1) is 6.58 Å². The van der Waals surface area contributed by atoms with E-state index < -0.39 is 0 Å². The van der Waals surface area contributed by atoms with Gasteiger partial charge in [0.1, 0.15) is 5.03 Å². The fourth-order valence-corrected chi connectivity index (χ4v) is 4.61. The van der Waals surface area contributed by atoms with Gasteiger partial charge in [-0.3, -0.25) is 0 Å². The van der Waals surface area contributed by atoms with Crippen LogP contribution in [0.15, 0.2) is 63.4 Å². The number of benzene rings is 1. The first-order valence-electron chi connectivity index (χ1n) is 8.19. The number of thioether (sulfide) groups is 1. The quantitative estimate of drug-likeness (QED) is 0.664. The Balaban J connectivity index is 1.64. The van der Waals surface area contributed by atoms with E-state index >= 15 is 0 Å². The van der Waals surface area contributed by atoms with Crippen molar-refractivity contribution < 1.29 is 5.11 Å². The average Bonchev–Trinajstić information content (AvgIpc) is 3.10. The molecule has 0 radical (unpaired) electrons. The predicted octanol–water partition coefficient (Wildman–Crippen LogP) is 3.57. The Bertz CT molecular complexity index is 850. The molecular formula is C19H20N2OS. The Morgan fingerprint density at radius 2 is 2.17 bits per heavy atom. The Hall–Kier alpha value is -1.94. The van der Waals surface area contributed by atoms with Crippen LogP contribution in [0.3, 0.4) is 0 Å². The van der Waals surface area contributed by atoms with E-state index in [1.807, 2.05) is 17.0 Å². The maximum atomic E-state index is 10.6. The molecule has 0 amide bonds. The number of aliphatic hydroxyl groups excluding tert-OH is 1. The van der Waals surface area contributed by atoms with Gasteiger partial charge in [-0.1, -0.05) is 36.0 Å². The summed E-state index contributed by atoms with van der Waals surface area (Å²) in [6, 6.07) is 8.33. The summed E-state index contributed by atoms with van der Waals surface area (Å²) >= 11 is 1.70. The number of para-hydroxylation sites is 1. The number of aliphatic hydroxyl groups is 1. The van der Waals surface area contributed by atoms with E-state index in [-0.39, 0.29) is 0 Å². The first-order valence-corrected chi connectivity index (χ1v) is 9.01. The molecule has 3 nitrogen and oxygen atoms in total.